The molecule has 0 saturated carbocycles. The fourth-order valence-corrected chi connectivity index (χ4v) is 28.4. The Morgan fingerprint density at radius 1 is 0.625 bits per heavy atom. The van der Waals surface area contributed by atoms with Gasteiger partial charge in [0.1, 0.15) is 0 Å². The van der Waals surface area contributed by atoms with Gasteiger partial charge in [0, 0.05) is 0 Å². The van der Waals surface area contributed by atoms with E-state index in [0.29, 0.717) is 0 Å². The van der Waals surface area contributed by atoms with Crippen LogP contribution < -0.4 is 13.6 Å². The van der Waals surface area contributed by atoms with E-state index >= 15 is 0 Å². The van der Waals surface area contributed by atoms with Crippen molar-refractivity contribution < 1.29 is 20.9 Å². The Hall–Kier alpha value is -2.54. The molecule has 0 radical (unpaired) electrons. The van der Waals surface area contributed by atoms with Gasteiger partial charge in [0.05, 0.1) is 0 Å². The van der Waals surface area contributed by atoms with E-state index < -0.39 is 26.8 Å². The van der Waals surface area contributed by atoms with E-state index in [9.17, 15) is 0 Å². The first-order valence-electron chi connectivity index (χ1n) is 11.4. The predicted octanol–water partition coefficient (Wildman–Crippen LogP) is 4.88. The van der Waals surface area contributed by atoms with E-state index in [1.807, 2.05) is 0 Å². The van der Waals surface area contributed by atoms with Gasteiger partial charge in [-0.05, 0) is 0 Å². The molecule has 0 heterocycles. The predicted molar refractivity (Wildman–Crippen MR) is 135 cm³/mol. The summed E-state index contributed by atoms with van der Waals surface area (Å²) in [7, 11) is 0. The van der Waals surface area contributed by atoms with Crippen LogP contribution in [0.5, 0.6) is 0 Å². The first kappa shape index (κ1) is 20.1. The average Bonchev–Trinajstić information content (AvgIpc) is 3.52. The molecule has 6 rings (SSSR count). The van der Waals surface area contributed by atoms with Crippen LogP contribution in [0, 0.1) is 0 Å². The van der Waals surface area contributed by atoms with Crippen LogP contribution in [-0.4, -0.2) is 5.92 Å². The van der Waals surface area contributed by atoms with E-state index in [1.54, 1.807) is 22.5 Å². The first-order chi connectivity index (χ1) is 15.9. The van der Waals surface area contributed by atoms with Gasteiger partial charge in [-0.15, -0.1) is 0 Å². The molecule has 0 N–H and O–H groups in total. The molecule has 0 amide bonds. The molecule has 0 nitrogen and oxygen atoms in total. The Bertz CT molecular complexity index is 1280. The van der Waals surface area contributed by atoms with E-state index in [4.69, 9.17) is 0 Å². The number of rotatable bonds is 5. The molecule has 4 aromatic carbocycles. The third kappa shape index (κ3) is 3.56. The monoisotopic (exact) mass is 503 g/mol. The van der Waals surface area contributed by atoms with E-state index in [1.165, 1.54) is 16.7 Å². The minimum absolute atomic E-state index is 1.09. The van der Waals surface area contributed by atoms with Crippen molar-refractivity contribution in [1.29, 1.82) is 0 Å². The standard InChI is InChI=1S/C13H9.C12H11Si.C5H5.Zr/c1-3-7-12-10(5-1)9-11-6-2-4-8-13(11)12;1-3-7-11(8-4-1)13-12-9-5-2-6-10-12;1-2-4-5-3-1;/h1-5,7-8H,9H2;1-10,13H;1-3H,4H2;. The van der Waals surface area contributed by atoms with Crippen molar-refractivity contribution in [2.45, 2.75) is 12.8 Å². The van der Waals surface area contributed by atoms with Crippen LogP contribution in [0.2, 0.25) is 0 Å². The zero-order valence-corrected chi connectivity index (χ0v) is 21.7. The molecule has 0 bridgehead atoms. The molecule has 0 aromatic heterocycles. The van der Waals surface area contributed by atoms with Gasteiger partial charge < -0.3 is 0 Å². The van der Waals surface area contributed by atoms with Gasteiger partial charge in [-0.2, -0.15) is 0 Å². The molecule has 32 heavy (non-hydrogen) atoms. The molecule has 0 aliphatic heterocycles. The summed E-state index contributed by atoms with van der Waals surface area (Å²) in [4.78, 5) is 0. The zero-order chi connectivity index (χ0) is 21.3. The van der Waals surface area contributed by atoms with Gasteiger partial charge in [0.25, 0.3) is 0 Å². The number of benzene rings is 4. The number of fused-ring (bicyclic) bond motifs is 3. The van der Waals surface area contributed by atoms with Crippen molar-refractivity contribution >= 4 is 19.6 Å². The molecule has 2 aliphatic rings. The van der Waals surface area contributed by atoms with Crippen LogP contribution in [0.3, 0.4) is 0 Å². The van der Waals surface area contributed by atoms with Crippen molar-refractivity contribution in [3.05, 3.63) is 136 Å². The average molecular weight is 505 g/mol. The Labute approximate surface area is 199 Å². The molecule has 0 spiro atoms. The molecule has 0 atom stereocenters. The van der Waals surface area contributed by atoms with Crippen molar-refractivity contribution in [2.75, 3.05) is 0 Å². The quantitative estimate of drug-likeness (QED) is 0.299. The molecule has 0 saturated heterocycles. The van der Waals surface area contributed by atoms with Gasteiger partial charge in [0.15, 0.2) is 0 Å². The van der Waals surface area contributed by atoms with Crippen LogP contribution >= 0.6 is 0 Å². The van der Waals surface area contributed by atoms with E-state index in [0.717, 1.165) is 12.8 Å². The Morgan fingerprint density at radius 2 is 1.28 bits per heavy atom. The second kappa shape index (κ2) is 8.77. The summed E-state index contributed by atoms with van der Waals surface area (Å²) in [5.74, 6) is -1.39. The first-order valence-corrected chi connectivity index (χ1v) is 19.9. The van der Waals surface area contributed by atoms with Gasteiger partial charge >= 0.3 is 200 Å². The second-order valence-electron chi connectivity index (χ2n) is 8.66. The maximum absolute atomic E-state index is 2.50. The van der Waals surface area contributed by atoms with Crippen LogP contribution in [0.15, 0.2) is 125 Å². The molecular weight excluding hydrogens is 480 g/mol. The summed E-state index contributed by atoms with van der Waals surface area (Å²) in [6.45, 7) is 0. The number of allylic oxidation sites excluding steroid dienone is 4. The van der Waals surface area contributed by atoms with Crippen molar-refractivity contribution in [2.24, 2.45) is 0 Å². The molecule has 153 valence electrons. The molecule has 4 aromatic rings. The van der Waals surface area contributed by atoms with Crippen molar-refractivity contribution in [3.8, 4) is 11.1 Å². The summed E-state index contributed by atoms with van der Waals surface area (Å²) in [5.41, 5.74) is 6.05. The third-order valence-corrected chi connectivity index (χ3v) is 27.9. The second-order valence-corrected chi connectivity index (χ2v) is 23.5. The summed E-state index contributed by atoms with van der Waals surface area (Å²) in [5, 5.41) is 3.21. The number of hydrogen-bond donors (Lipinski definition) is 0. The summed E-state index contributed by atoms with van der Waals surface area (Å²) in [6.07, 6.45) is 9.39. The third-order valence-electron chi connectivity index (χ3n) is 6.81. The number of hydrogen-bond acceptors (Lipinski definition) is 0. The van der Waals surface area contributed by atoms with Crippen LogP contribution in [0.4, 0.5) is 0 Å². The Balaban J connectivity index is 1.57. The van der Waals surface area contributed by atoms with E-state index in [-0.39, 0.29) is 0 Å². The normalized spacial score (nSPS) is 13.7. The summed E-state index contributed by atoms with van der Waals surface area (Å²) in [6, 6.07) is 39.1. The Kier molecular flexibility index (Phi) is 5.51. The van der Waals surface area contributed by atoms with Crippen LogP contribution in [-0.2, 0) is 27.3 Å². The fourth-order valence-electron chi connectivity index (χ4n) is 5.39. The van der Waals surface area contributed by atoms with Crippen molar-refractivity contribution in [3.63, 3.8) is 0 Å². The molecule has 0 fully saturated rings. The summed E-state index contributed by atoms with van der Waals surface area (Å²) >= 11 is -2.24. The van der Waals surface area contributed by atoms with Crippen LogP contribution in [0.1, 0.15) is 17.5 Å². The molecule has 2 aliphatic carbocycles. The maximum atomic E-state index is 2.50. The van der Waals surface area contributed by atoms with Gasteiger partial charge in [0.2, 0.25) is 0 Å². The topological polar surface area (TPSA) is 0 Å². The minimum atomic E-state index is -2.24. The van der Waals surface area contributed by atoms with E-state index in [2.05, 4.69) is 121 Å². The molecule has 0 unspecified atom stereocenters. The van der Waals surface area contributed by atoms with Gasteiger partial charge in [-0.25, -0.2) is 0 Å². The SMILES string of the molecule is C1=CC[C]([Zr]([c]2cccc3c2Cc2ccccc2-3)[SiH](c2ccccc2)c2ccccc2)=C1. The van der Waals surface area contributed by atoms with Gasteiger partial charge in [-0.3, -0.25) is 0 Å². The fraction of sp³-hybridized carbons (Fsp3) is 0.0667. The Morgan fingerprint density at radius 3 is 1.97 bits per heavy atom. The summed E-state index contributed by atoms with van der Waals surface area (Å²) < 4.78 is 3.50. The molecule has 2 heteroatoms. The zero-order valence-electron chi connectivity index (χ0n) is 18.0. The van der Waals surface area contributed by atoms with Crippen molar-refractivity contribution in [1.82, 2.24) is 0 Å². The van der Waals surface area contributed by atoms with Crippen LogP contribution in [0.25, 0.3) is 11.1 Å². The molecular formula is C30H25SiZr. The van der Waals surface area contributed by atoms with Gasteiger partial charge in [-0.1, -0.05) is 0 Å².